The number of hydrogen-bond donors (Lipinski definition) is 2. The molecular weight excluding hydrogens is 282 g/mol. The Morgan fingerprint density at radius 3 is 2.67 bits per heavy atom. The molecule has 0 spiro atoms. The number of amides is 1. The molecule has 0 saturated carbocycles. The predicted molar refractivity (Wildman–Crippen MR) is 71.3 cm³/mol. The summed E-state index contributed by atoms with van der Waals surface area (Å²) < 4.78 is 37.0. The zero-order valence-corrected chi connectivity index (χ0v) is 10.7. The topological polar surface area (TPSA) is 73.6 Å². The molecular formula is C14H10F2N2O3. The summed E-state index contributed by atoms with van der Waals surface area (Å²) in [6, 6.07) is 6.31. The molecule has 0 aromatic heterocycles. The highest BCUT2D eigenvalue weighted by molar-refractivity contribution is 6.06. The second-order valence-electron chi connectivity index (χ2n) is 4.35. The van der Waals surface area contributed by atoms with Crippen molar-refractivity contribution in [3.8, 4) is 11.5 Å². The summed E-state index contributed by atoms with van der Waals surface area (Å²) in [6.07, 6.45) is 0. The zero-order chi connectivity index (χ0) is 15.0. The van der Waals surface area contributed by atoms with E-state index in [2.05, 4.69) is 5.32 Å². The molecule has 5 nitrogen and oxygen atoms in total. The highest BCUT2D eigenvalue weighted by Gasteiger charge is 2.19. The zero-order valence-electron chi connectivity index (χ0n) is 10.7. The van der Waals surface area contributed by atoms with Gasteiger partial charge < -0.3 is 20.5 Å². The second-order valence-corrected chi connectivity index (χ2v) is 4.35. The molecule has 0 saturated heterocycles. The van der Waals surface area contributed by atoms with Gasteiger partial charge in [-0.15, -0.1) is 0 Å². The summed E-state index contributed by atoms with van der Waals surface area (Å²) in [5.41, 5.74) is 5.82. The molecule has 7 heteroatoms. The van der Waals surface area contributed by atoms with E-state index in [1.165, 1.54) is 24.3 Å². The van der Waals surface area contributed by atoms with Crippen molar-refractivity contribution in [1.29, 1.82) is 0 Å². The average Bonchev–Trinajstić information content (AvgIpc) is 2.89. The van der Waals surface area contributed by atoms with Crippen molar-refractivity contribution < 1.29 is 23.0 Å². The summed E-state index contributed by atoms with van der Waals surface area (Å²) in [4.78, 5) is 12.0. The number of hydrogen-bond acceptors (Lipinski definition) is 4. The first-order chi connectivity index (χ1) is 10.1. The number of rotatable bonds is 2. The van der Waals surface area contributed by atoms with Gasteiger partial charge in [0.1, 0.15) is 0 Å². The van der Waals surface area contributed by atoms with Gasteiger partial charge in [0, 0.05) is 12.1 Å². The van der Waals surface area contributed by atoms with Gasteiger partial charge in [-0.1, -0.05) is 6.07 Å². The lowest BCUT2D eigenvalue weighted by molar-refractivity contribution is 0.102. The molecule has 0 fully saturated rings. The van der Waals surface area contributed by atoms with E-state index < -0.39 is 23.1 Å². The van der Waals surface area contributed by atoms with Crippen LogP contribution in [0.2, 0.25) is 0 Å². The van der Waals surface area contributed by atoms with Gasteiger partial charge >= 0.3 is 0 Å². The predicted octanol–water partition coefficient (Wildman–Crippen LogP) is 2.53. The molecule has 0 unspecified atom stereocenters. The highest BCUT2D eigenvalue weighted by Crippen LogP contribution is 2.38. The largest absolute Gasteiger partial charge is 0.454 e. The van der Waals surface area contributed by atoms with Crippen LogP contribution in [0.4, 0.5) is 20.2 Å². The van der Waals surface area contributed by atoms with Gasteiger partial charge in [-0.2, -0.15) is 0 Å². The third kappa shape index (κ3) is 2.33. The van der Waals surface area contributed by atoms with Crippen LogP contribution in [0.15, 0.2) is 30.3 Å². The summed E-state index contributed by atoms with van der Waals surface area (Å²) in [5, 5.41) is 2.42. The van der Waals surface area contributed by atoms with Crippen LogP contribution >= 0.6 is 0 Å². The van der Waals surface area contributed by atoms with Crippen LogP contribution in [0.25, 0.3) is 0 Å². The molecule has 0 bridgehead atoms. The van der Waals surface area contributed by atoms with Gasteiger partial charge in [0.25, 0.3) is 5.91 Å². The molecule has 21 heavy (non-hydrogen) atoms. The fourth-order valence-electron chi connectivity index (χ4n) is 1.93. The van der Waals surface area contributed by atoms with Crippen LogP contribution in [0, 0.1) is 11.6 Å². The van der Waals surface area contributed by atoms with Crippen LogP contribution < -0.4 is 20.5 Å². The fraction of sp³-hybridized carbons (Fsp3) is 0.0714. The maximum absolute atomic E-state index is 13.6. The molecule has 3 N–H and O–H groups in total. The van der Waals surface area contributed by atoms with Crippen molar-refractivity contribution in [2.45, 2.75) is 0 Å². The Morgan fingerprint density at radius 1 is 1.19 bits per heavy atom. The smallest absolute Gasteiger partial charge is 0.258 e. The SMILES string of the molecule is Nc1cc2c(cc1NC(=O)c1cccc(F)c1F)OCO2. The van der Waals surface area contributed by atoms with E-state index in [-0.39, 0.29) is 18.2 Å². The Bertz CT molecular complexity index is 734. The number of nitrogens with one attached hydrogen (secondary N) is 1. The number of carbonyl (C=O) groups is 1. The van der Waals surface area contributed by atoms with Crippen LogP contribution in [-0.2, 0) is 0 Å². The highest BCUT2D eigenvalue weighted by atomic mass is 19.2. The number of anilines is 2. The lowest BCUT2D eigenvalue weighted by Gasteiger charge is -2.10. The van der Waals surface area contributed by atoms with Crippen molar-refractivity contribution in [2.75, 3.05) is 17.8 Å². The van der Waals surface area contributed by atoms with Crippen LogP contribution in [0.5, 0.6) is 11.5 Å². The van der Waals surface area contributed by atoms with Gasteiger partial charge in [-0.05, 0) is 12.1 Å². The molecule has 0 radical (unpaired) electrons. The standard InChI is InChI=1S/C14H10F2N2O3/c15-8-3-1-2-7(13(8)16)14(19)18-10-5-12-11(4-9(10)17)20-6-21-12/h1-5H,6,17H2,(H,18,19). The molecule has 0 atom stereocenters. The fourth-order valence-corrected chi connectivity index (χ4v) is 1.93. The third-order valence-corrected chi connectivity index (χ3v) is 2.99. The number of nitrogen functional groups attached to an aromatic ring is 1. The first kappa shape index (κ1) is 13.2. The van der Waals surface area contributed by atoms with Gasteiger partial charge in [0.05, 0.1) is 16.9 Å². The Balaban J connectivity index is 1.90. The lowest BCUT2D eigenvalue weighted by atomic mass is 10.1. The van der Waals surface area contributed by atoms with Crippen molar-refractivity contribution in [2.24, 2.45) is 0 Å². The molecule has 1 amide bonds. The molecule has 1 heterocycles. The van der Waals surface area contributed by atoms with Gasteiger partial charge in [0.15, 0.2) is 23.1 Å². The molecule has 1 aliphatic rings. The number of nitrogens with two attached hydrogens (primary N) is 1. The third-order valence-electron chi connectivity index (χ3n) is 2.99. The van der Waals surface area contributed by atoms with Crippen molar-refractivity contribution in [1.82, 2.24) is 0 Å². The number of halogens is 2. The van der Waals surface area contributed by atoms with E-state index in [1.54, 1.807) is 0 Å². The van der Waals surface area contributed by atoms with E-state index >= 15 is 0 Å². The molecule has 2 aromatic carbocycles. The van der Waals surface area contributed by atoms with Crippen molar-refractivity contribution >= 4 is 17.3 Å². The van der Waals surface area contributed by atoms with E-state index in [0.29, 0.717) is 11.5 Å². The Labute approximate surface area is 118 Å². The number of ether oxygens (including phenoxy) is 2. The van der Waals surface area contributed by atoms with Crippen LogP contribution in [-0.4, -0.2) is 12.7 Å². The second kappa shape index (κ2) is 4.93. The van der Waals surface area contributed by atoms with E-state index in [4.69, 9.17) is 15.2 Å². The van der Waals surface area contributed by atoms with Gasteiger partial charge in [0.2, 0.25) is 6.79 Å². The van der Waals surface area contributed by atoms with Gasteiger partial charge in [-0.25, -0.2) is 8.78 Å². The Morgan fingerprint density at radius 2 is 1.90 bits per heavy atom. The average molecular weight is 292 g/mol. The number of fused-ring (bicyclic) bond motifs is 1. The van der Waals surface area contributed by atoms with Crippen LogP contribution in [0.3, 0.4) is 0 Å². The molecule has 108 valence electrons. The van der Waals surface area contributed by atoms with Crippen molar-refractivity contribution in [3.05, 3.63) is 47.5 Å². The monoisotopic (exact) mass is 292 g/mol. The van der Waals surface area contributed by atoms with Gasteiger partial charge in [-0.3, -0.25) is 4.79 Å². The van der Waals surface area contributed by atoms with Crippen LogP contribution in [0.1, 0.15) is 10.4 Å². The molecule has 2 aromatic rings. The lowest BCUT2D eigenvalue weighted by Crippen LogP contribution is -2.15. The summed E-state index contributed by atoms with van der Waals surface area (Å²) in [5.74, 6) is -2.24. The summed E-state index contributed by atoms with van der Waals surface area (Å²) >= 11 is 0. The minimum absolute atomic E-state index is 0.0602. The number of benzene rings is 2. The normalized spacial score (nSPS) is 12.3. The summed E-state index contributed by atoms with van der Waals surface area (Å²) in [7, 11) is 0. The Hall–Kier alpha value is -2.83. The van der Waals surface area contributed by atoms with E-state index in [9.17, 15) is 13.6 Å². The quantitative estimate of drug-likeness (QED) is 0.834. The van der Waals surface area contributed by atoms with Crippen molar-refractivity contribution in [3.63, 3.8) is 0 Å². The van der Waals surface area contributed by atoms with E-state index in [1.807, 2.05) is 0 Å². The Kier molecular flexibility index (Phi) is 3.09. The minimum atomic E-state index is -1.21. The molecule has 1 aliphatic heterocycles. The minimum Gasteiger partial charge on any atom is -0.454 e. The summed E-state index contributed by atoms with van der Waals surface area (Å²) in [6.45, 7) is 0.0602. The number of carbonyl (C=O) groups excluding carboxylic acids is 1. The molecule has 3 rings (SSSR count). The van der Waals surface area contributed by atoms with E-state index in [0.717, 1.165) is 6.07 Å². The first-order valence-corrected chi connectivity index (χ1v) is 6.01. The molecule has 0 aliphatic carbocycles. The maximum Gasteiger partial charge on any atom is 0.258 e. The maximum atomic E-state index is 13.6. The first-order valence-electron chi connectivity index (χ1n) is 6.01.